The first kappa shape index (κ1) is 13.2. The molecule has 18 heavy (non-hydrogen) atoms. The van der Waals surface area contributed by atoms with E-state index in [4.69, 9.17) is 4.74 Å². The molecular formula is C15H24N2O. The zero-order valence-electron chi connectivity index (χ0n) is 11.5. The molecule has 1 aromatic carbocycles. The summed E-state index contributed by atoms with van der Waals surface area (Å²) in [4.78, 5) is 2.10. The molecule has 0 amide bonds. The Labute approximate surface area is 110 Å². The monoisotopic (exact) mass is 248 g/mol. The standard InChI is InChI=1S/C15H24N2O/c1-17(2)14-4-3-5-15(12-14)18-11-8-13-6-9-16-10-7-13/h3-5,12-13,16H,6-11H2,1-2H3. The summed E-state index contributed by atoms with van der Waals surface area (Å²) >= 11 is 0. The lowest BCUT2D eigenvalue weighted by atomic mass is 9.95. The van der Waals surface area contributed by atoms with E-state index in [9.17, 15) is 0 Å². The number of benzene rings is 1. The van der Waals surface area contributed by atoms with Crippen molar-refractivity contribution in [3.8, 4) is 5.75 Å². The van der Waals surface area contributed by atoms with Gasteiger partial charge in [0.05, 0.1) is 6.61 Å². The summed E-state index contributed by atoms with van der Waals surface area (Å²) in [6, 6.07) is 8.28. The summed E-state index contributed by atoms with van der Waals surface area (Å²) in [6.45, 7) is 3.17. The molecule has 100 valence electrons. The Morgan fingerprint density at radius 1 is 1.28 bits per heavy atom. The summed E-state index contributed by atoms with van der Waals surface area (Å²) in [5, 5.41) is 3.40. The minimum atomic E-state index is 0.835. The van der Waals surface area contributed by atoms with Crippen LogP contribution in [0.4, 0.5) is 5.69 Å². The first-order valence-electron chi connectivity index (χ1n) is 6.86. The highest BCUT2D eigenvalue weighted by Gasteiger charge is 2.12. The van der Waals surface area contributed by atoms with Crippen LogP contribution in [0.1, 0.15) is 19.3 Å². The third kappa shape index (κ3) is 3.91. The lowest BCUT2D eigenvalue weighted by Crippen LogP contribution is -2.28. The molecule has 0 aliphatic carbocycles. The van der Waals surface area contributed by atoms with E-state index in [0.29, 0.717) is 0 Å². The number of hydrogen-bond acceptors (Lipinski definition) is 3. The number of nitrogens with zero attached hydrogens (tertiary/aromatic N) is 1. The van der Waals surface area contributed by atoms with Crippen LogP contribution in [-0.2, 0) is 0 Å². The highest BCUT2D eigenvalue weighted by atomic mass is 16.5. The van der Waals surface area contributed by atoms with Crippen LogP contribution in [0.5, 0.6) is 5.75 Å². The second kappa shape index (κ2) is 6.64. The van der Waals surface area contributed by atoms with Gasteiger partial charge in [0.15, 0.2) is 0 Å². The highest BCUT2D eigenvalue weighted by molar-refractivity contribution is 5.49. The molecule has 0 radical (unpaired) electrons. The Hall–Kier alpha value is -1.22. The van der Waals surface area contributed by atoms with Crippen molar-refractivity contribution in [2.24, 2.45) is 5.92 Å². The van der Waals surface area contributed by atoms with E-state index in [1.54, 1.807) is 0 Å². The maximum absolute atomic E-state index is 5.85. The van der Waals surface area contributed by atoms with E-state index in [0.717, 1.165) is 18.3 Å². The van der Waals surface area contributed by atoms with Crippen LogP contribution in [0, 0.1) is 5.92 Å². The van der Waals surface area contributed by atoms with Crippen LogP contribution >= 0.6 is 0 Å². The van der Waals surface area contributed by atoms with E-state index in [2.05, 4.69) is 28.4 Å². The van der Waals surface area contributed by atoms with Gasteiger partial charge >= 0.3 is 0 Å². The molecule has 1 saturated heterocycles. The maximum atomic E-state index is 5.85. The van der Waals surface area contributed by atoms with Crippen LogP contribution in [0.15, 0.2) is 24.3 Å². The minimum absolute atomic E-state index is 0.835. The normalized spacial score (nSPS) is 16.6. The zero-order valence-corrected chi connectivity index (χ0v) is 11.5. The summed E-state index contributed by atoms with van der Waals surface area (Å²) in [7, 11) is 4.10. The number of anilines is 1. The number of nitrogens with one attached hydrogen (secondary N) is 1. The van der Waals surface area contributed by atoms with Gasteiger partial charge in [0.2, 0.25) is 0 Å². The molecule has 3 nitrogen and oxygen atoms in total. The topological polar surface area (TPSA) is 24.5 Å². The molecule has 0 aromatic heterocycles. The van der Waals surface area contributed by atoms with Gasteiger partial charge in [-0.05, 0) is 50.4 Å². The molecule has 3 heteroatoms. The van der Waals surface area contributed by atoms with Crippen molar-refractivity contribution in [3.63, 3.8) is 0 Å². The molecule has 0 unspecified atom stereocenters. The number of rotatable bonds is 5. The third-order valence-electron chi connectivity index (χ3n) is 3.59. The Morgan fingerprint density at radius 2 is 2.06 bits per heavy atom. The van der Waals surface area contributed by atoms with Crippen molar-refractivity contribution < 1.29 is 4.74 Å². The van der Waals surface area contributed by atoms with Crippen LogP contribution in [0.2, 0.25) is 0 Å². The molecule has 1 heterocycles. The molecular weight excluding hydrogens is 224 g/mol. The van der Waals surface area contributed by atoms with Gasteiger partial charge in [-0.2, -0.15) is 0 Å². The summed E-state index contributed by atoms with van der Waals surface area (Å²) in [5.41, 5.74) is 1.19. The van der Waals surface area contributed by atoms with Crippen LogP contribution in [0.25, 0.3) is 0 Å². The molecule has 1 aromatic rings. The lowest BCUT2D eigenvalue weighted by Gasteiger charge is -2.22. The van der Waals surface area contributed by atoms with Crippen LogP contribution < -0.4 is 15.0 Å². The summed E-state index contributed by atoms with van der Waals surface area (Å²) in [6.07, 6.45) is 3.76. The van der Waals surface area contributed by atoms with Crippen molar-refractivity contribution in [1.82, 2.24) is 5.32 Å². The second-order valence-electron chi connectivity index (χ2n) is 5.22. The van der Waals surface area contributed by atoms with Crippen molar-refractivity contribution in [2.45, 2.75) is 19.3 Å². The fraction of sp³-hybridized carbons (Fsp3) is 0.600. The van der Waals surface area contributed by atoms with Gasteiger partial charge in [-0.15, -0.1) is 0 Å². The van der Waals surface area contributed by atoms with Gasteiger partial charge in [0.25, 0.3) is 0 Å². The van der Waals surface area contributed by atoms with Gasteiger partial charge in [-0.25, -0.2) is 0 Å². The smallest absolute Gasteiger partial charge is 0.121 e. The quantitative estimate of drug-likeness (QED) is 0.866. The lowest BCUT2D eigenvalue weighted by molar-refractivity contribution is 0.252. The van der Waals surface area contributed by atoms with E-state index >= 15 is 0 Å². The fourth-order valence-electron chi connectivity index (χ4n) is 2.37. The Balaban J connectivity index is 1.77. The Bertz CT molecular complexity index is 359. The van der Waals surface area contributed by atoms with Gasteiger partial charge < -0.3 is 15.0 Å². The van der Waals surface area contributed by atoms with Crippen LogP contribution in [-0.4, -0.2) is 33.8 Å². The summed E-state index contributed by atoms with van der Waals surface area (Å²) in [5.74, 6) is 1.82. The molecule has 0 bridgehead atoms. The molecule has 1 aliphatic heterocycles. The second-order valence-corrected chi connectivity index (χ2v) is 5.22. The Morgan fingerprint density at radius 3 is 2.78 bits per heavy atom. The zero-order chi connectivity index (χ0) is 12.8. The largest absolute Gasteiger partial charge is 0.494 e. The third-order valence-corrected chi connectivity index (χ3v) is 3.59. The first-order valence-corrected chi connectivity index (χ1v) is 6.86. The number of ether oxygens (including phenoxy) is 1. The first-order chi connectivity index (χ1) is 8.75. The molecule has 1 aliphatic rings. The summed E-state index contributed by atoms with van der Waals surface area (Å²) < 4.78 is 5.85. The van der Waals surface area contributed by atoms with E-state index in [-0.39, 0.29) is 0 Å². The van der Waals surface area contributed by atoms with Crippen LogP contribution in [0.3, 0.4) is 0 Å². The predicted molar refractivity (Wildman–Crippen MR) is 76.5 cm³/mol. The van der Waals surface area contributed by atoms with Crippen molar-refractivity contribution in [2.75, 3.05) is 38.7 Å². The highest BCUT2D eigenvalue weighted by Crippen LogP contribution is 2.21. The van der Waals surface area contributed by atoms with Crippen molar-refractivity contribution in [1.29, 1.82) is 0 Å². The van der Waals surface area contributed by atoms with Gasteiger partial charge in [0, 0.05) is 25.8 Å². The van der Waals surface area contributed by atoms with Crippen molar-refractivity contribution >= 4 is 5.69 Å². The molecule has 0 atom stereocenters. The average molecular weight is 248 g/mol. The molecule has 2 rings (SSSR count). The fourth-order valence-corrected chi connectivity index (χ4v) is 2.37. The predicted octanol–water partition coefficient (Wildman–Crippen LogP) is 2.52. The van der Waals surface area contributed by atoms with Gasteiger partial charge in [0.1, 0.15) is 5.75 Å². The minimum Gasteiger partial charge on any atom is -0.494 e. The molecule has 0 saturated carbocycles. The number of piperidine rings is 1. The average Bonchev–Trinajstić information content (AvgIpc) is 2.40. The molecule has 0 spiro atoms. The molecule has 1 N–H and O–H groups in total. The van der Waals surface area contributed by atoms with Gasteiger partial charge in [-0.3, -0.25) is 0 Å². The Kier molecular flexibility index (Phi) is 4.88. The maximum Gasteiger partial charge on any atom is 0.121 e. The van der Waals surface area contributed by atoms with Crippen molar-refractivity contribution in [3.05, 3.63) is 24.3 Å². The van der Waals surface area contributed by atoms with E-state index in [1.165, 1.54) is 38.0 Å². The number of hydrogen-bond donors (Lipinski definition) is 1. The molecule has 1 fully saturated rings. The van der Waals surface area contributed by atoms with E-state index in [1.807, 2.05) is 20.2 Å². The van der Waals surface area contributed by atoms with E-state index < -0.39 is 0 Å². The van der Waals surface area contributed by atoms with Gasteiger partial charge in [-0.1, -0.05) is 6.07 Å². The SMILES string of the molecule is CN(C)c1cccc(OCCC2CCNCC2)c1.